The summed E-state index contributed by atoms with van der Waals surface area (Å²) in [7, 11) is 0. The van der Waals surface area contributed by atoms with E-state index in [1.54, 1.807) is 12.5 Å². The lowest BCUT2D eigenvalue weighted by Gasteiger charge is -2.16. The van der Waals surface area contributed by atoms with Crippen molar-refractivity contribution in [3.05, 3.63) is 54.0 Å². The van der Waals surface area contributed by atoms with Crippen molar-refractivity contribution in [1.82, 2.24) is 15.0 Å². The maximum absolute atomic E-state index is 4.41. The van der Waals surface area contributed by atoms with Gasteiger partial charge in [0.1, 0.15) is 11.6 Å². The number of hydrogen-bond acceptors (Lipinski definition) is 3. The number of benzene rings is 1. The van der Waals surface area contributed by atoms with Crippen LogP contribution in [0.5, 0.6) is 0 Å². The van der Waals surface area contributed by atoms with Gasteiger partial charge in [-0.15, -0.1) is 0 Å². The summed E-state index contributed by atoms with van der Waals surface area (Å²) in [6, 6.07) is 11.0. The summed E-state index contributed by atoms with van der Waals surface area (Å²) < 4.78 is 0. The molecule has 1 aromatic rings. The molecule has 4 heteroatoms. The van der Waals surface area contributed by atoms with E-state index in [9.17, 15) is 0 Å². The summed E-state index contributed by atoms with van der Waals surface area (Å²) >= 11 is 0. The van der Waals surface area contributed by atoms with Gasteiger partial charge in [-0.05, 0) is 30.0 Å². The molecule has 94 valence electrons. The minimum absolute atomic E-state index is 0.351. The van der Waals surface area contributed by atoms with Crippen molar-refractivity contribution in [2.24, 2.45) is 0 Å². The molecule has 4 nitrogen and oxygen atoms in total. The van der Waals surface area contributed by atoms with Gasteiger partial charge in [0, 0.05) is 6.20 Å². The Morgan fingerprint density at radius 2 is 2.11 bits per heavy atom. The molecule has 2 N–H and O–H groups in total. The van der Waals surface area contributed by atoms with Crippen LogP contribution in [0.1, 0.15) is 23.6 Å². The Morgan fingerprint density at radius 1 is 1.16 bits per heavy atom. The van der Waals surface area contributed by atoms with Crippen molar-refractivity contribution in [1.29, 1.82) is 0 Å². The number of aromatic nitrogens is 3. The molecule has 0 spiro atoms. The molecule has 1 aliphatic carbocycles. The molecule has 2 aliphatic heterocycles. The van der Waals surface area contributed by atoms with Crippen molar-refractivity contribution in [3.63, 3.8) is 0 Å². The van der Waals surface area contributed by atoms with Gasteiger partial charge in [0.25, 0.3) is 0 Å². The minimum atomic E-state index is 0.351. The van der Waals surface area contributed by atoms with E-state index >= 15 is 0 Å². The molecule has 0 saturated heterocycles. The minimum Gasteiger partial charge on any atom is -0.363 e. The van der Waals surface area contributed by atoms with Crippen LogP contribution in [0.15, 0.2) is 42.9 Å². The lowest BCUT2D eigenvalue weighted by molar-refractivity contribution is 0.757. The van der Waals surface area contributed by atoms with Crippen LogP contribution in [0.4, 0.5) is 5.82 Å². The first-order chi connectivity index (χ1) is 9.42. The number of rotatable bonds is 2. The van der Waals surface area contributed by atoms with Crippen molar-refractivity contribution in [2.75, 3.05) is 5.32 Å². The number of aryl methyl sites for hydroxylation is 1. The average molecular weight is 250 g/mol. The van der Waals surface area contributed by atoms with Gasteiger partial charge in [0.2, 0.25) is 0 Å². The van der Waals surface area contributed by atoms with Gasteiger partial charge in [0.15, 0.2) is 0 Å². The first kappa shape index (κ1) is 10.6. The maximum Gasteiger partial charge on any atom is 0.142 e. The number of nitrogens with zero attached hydrogens (tertiary/aromatic N) is 2. The second-order valence-corrected chi connectivity index (χ2v) is 4.89. The van der Waals surface area contributed by atoms with Crippen LogP contribution in [-0.4, -0.2) is 15.0 Å². The number of aromatic amines is 1. The van der Waals surface area contributed by atoms with Crippen molar-refractivity contribution >= 4 is 5.82 Å². The highest BCUT2D eigenvalue weighted by Crippen LogP contribution is 2.35. The molecular formula is C15H14N4. The molecule has 4 rings (SSSR count). The molecule has 0 radical (unpaired) electrons. The first-order valence-corrected chi connectivity index (χ1v) is 6.54. The standard InChI is InChI=1S/C15H14N4/c1-2-4-11-10(3-1)5-6-13(11)19-15-12-7-8-16-14(12)17-9-18-15/h1-4,7-9,13H,5-6H2,(H2,16,17,18,19). The fourth-order valence-electron chi connectivity index (χ4n) is 2.86. The second kappa shape index (κ2) is 4.09. The summed E-state index contributed by atoms with van der Waals surface area (Å²) in [6.45, 7) is 0. The van der Waals surface area contributed by atoms with Crippen molar-refractivity contribution < 1.29 is 0 Å². The van der Waals surface area contributed by atoms with E-state index in [2.05, 4.69) is 44.5 Å². The number of fused-ring (bicyclic) bond motifs is 2. The van der Waals surface area contributed by atoms with Crippen LogP contribution in [0, 0.1) is 0 Å². The largest absolute Gasteiger partial charge is 0.363 e. The van der Waals surface area contributed by atoms with Gasteiger partial charge in [0.05, 0.1) is 17.9 Å². The van der Waals surface area contributed by atoms with E-state index < -0.39 is 0 Å². The summed E-state index contributed by atoms with van der Waals surface area (Å²) in [6.07, 6.45) is 5.75. The topological polar surface area (TPSA) is 53.6 Å². The Morgan fingerprint density at radius 3 is 3.11 bits per heavy atom. The van der Waals surface area contributed by atoms with Crippen LogP contribution in [0.3, 0.4) is 0 Å². The number of H-pyrrole nitrogens is 1. The summed E-state index contributed by atoms with van der Waals surface area (Å²) in [5.74, 6) is 1.79. The third-order valence-corrected chi connectivity index (χ3v) is 3.79. The number of hydrogen-bond donors (Lipinski definition) is 2. The van der Waals surface area contributed by atoms with E-state index in [0.717, 1.165) is 30.0 Å². The van der Waals surface area contributed by atoms with Gasteiger partial charge in [-0.1, -0.05) is 24.3 Å². The highest BCUT2D eigenvalue weighted by molar-refractivity contribution is 5.71. The summed E-state index contributed by atoms with van der Waals surface area (Å²) in [5.41, 5.74) is 3.89. The zero-order valence-corrected chi connectivity index (χ0v) is 10.4. The normalized spacial score (nSPS) is 17.6. The van der Waals surface area contributed by atoms with E-state index in [0.29, 0.717) is 6.04 Å². The first-order valence-electron chi connectivity index (χ1n) is 6.54. The SMILES string of the molecule is c1ccc2c(c1)CCC2Nc1nc[nH]c2nccc1-2. The summed E-state index contributed by atoms with van der Waals surface area (Å²) in [4.78, 5) is 11.7. The molecule has 1 unspecified atom stereocenters. The lowest BCUT2D eigenvalue weighted by Crippen LogP contribution is -2.09. The van der Waals surface area contributed by atoms with Gasteiger partial charge < -0.3 is 10.3 Å². The van der Waals surface area contributed by atoms with Gasteiger partial charge in [-0.2, -0.15) is 0 Å². The molecule has 0 bridgehead atoms. The van der Waals surface area contributed by atoms with Gasteiger partial charge >= 0.3 is 0 Å². The van der Waals surface area contributed by atoms with Crippen LogP contribution in [0.2, 0.25) is 0 Å². The summed E-state index contributed by atoms with van der Waals surface area (Å²) in [5, 5.41) is 3.56. The molecule has 0 fully saturated rings. The molecule has 0 aromatic heterocycles. The average Bonchev–Trinajstić information content (AvgIpc) is 3.06. The monoisotopic (exact) mass is 250 g/mol. The molecular weight excluding hydrogens is 236 g/mol. The molecule has 1 atom stereocenters. The third kappa shape index (κ3) is 1.68. The lowest BCUT2D eigenvalue weighted by atomic mass is 10.1. The highest BCUT2D eigenvalue weighted by Gasteiger charge is 2.23. The molecule has 3 aliphatic rings. The van der Waals surface area contributed by atoms with Crippen molar-refractivity contribution in [2.45, 2.75) is 18.9 Å². The van der Waals surface area contributed by atoms with E-state index in [1.807, 2.05) is 6.07 Å². The zero-order chi connectivity index (χ0) is 12.7. The van der Waals surface area contributed by atoms with E-state index in [-0.39, 0.29) is 0 Å². The molecule has 2 heterocycles. The van der Waals surface area contributed by atoms with Crippen LogP contribution in [-0.2, 0) is 6.42 Å². The number of anilines is 1. The highest BCUT2D eigenvalue weighted by atomic mass is 15.1. The van der Waals surface area contributed by atoms with Crippen LogP contribution < -0.4 is 5.32 Å². The smallest absolute Gasteiger partial charge is 0.142 e. The van der Waals surface area contributed by atoms with Crippen molar-refractivity contribution in [3.8, 4) is 11.4 Å². The number of nitrogens with one attached hydrogen (secondary N) is 2. The third-order valence-electron chi connectivity index (χ3n) is 3.79. The predicted octanol–water partition coefficient (Wildman–Crippen LogP) is 3.01. The Kier molecular flexibility index (Phi) is 2.27. The Labute approximate surface area is 111 Å². The van der Waals surface area contributed by atoms with Crippen LogP contribution >= 0.6 is 0 Å². The fraction of sp³-hybridized carbons (Fsp3) is 0.200. The quantitative estimate of drug-likeness (QED) is 0.735. The molecule has 0 saturated carbocycles. The van der Waals surface area contributed by atoms with E-state index in [1.165, 1.54) is 11.1 Å². The van der Waals surface area contributed by atoms with E-state index in [4.69, 9.17) is 0 Å². The molecule has 19 heavy (non-hydrogen) atoms. The Balaban J connectivity index is 1.68. The van der Waals surface area contributed by atoms with Crippen LogP contribution in [0.25, 0.3) is 11.4 Å². The Hall–Kier alpha value is -2.36. The fourth-order valence-corrected chi connectivity index (χ4v) is 2.86. The second-order valence-electron chi connectivity index (χ2n) is 4.89. The molecule has 0 amide bonds. The molecule has 1 aromatic carbocycles. The predicted molar refractivity (Wildman–Crippen MR) is 74.1 cm³/mol. The van der Waals surface area contributed by atoms with Gasteiger partial charge in [-0.25, -0.2) is 9.97 Å². The zero-order valence-electron chi connectivity index (χ0n) is 10.4. The van der Waals surface area contributed by atoms with Gasteiger partial charge in [-0.3, -0.25) is 0 Å². The maximum atomic E-state index is 4.41. The Bertz CT molecular complexity index is 688.